The van der Waals surface area contributed by atoms with Crippen LogP contribution < -0.4 is 10.6 Å². The number of rotatable bonds is 12. The normalized spacial score (nSPS) is 13.9. The predicted molar refractivity (Wildman–Crippen MR) is 305 cm³/mol. The summed E-state index contributed by atoms with van der Waals surface area (Å²) in [5, 5.41) is 12.7. The van der Waals surface area contributed by atoms with Gasteiger partial charge in [0.05, 0.1) is 41.2 Å². The molecular weight excluding hydrogens is 951 g/mol. The lowest BCUT2D eigenvalue weighted by atomic mass is 9.77. The van der Waals surface area contributed by atoms with Crippen LogP contribution in [0, 0.1) is 0 Å². The van der Waals surface area contributed by atoms with E-state index in [1.165, 1.54) is 5.56 Å². The van der Waals surface area contributed by atoms with Crippen LogP contribution in [0.25, 0.3) is 22.2 Å². The molecule has 11 heteroatoms. The second-order valence-corrected chi connectivity index (χ2v) is 19.5. The molecule has 2 atom stereocenters. The molecule has 0 spiro atoms. The lowest BCUT2D eigenvalue weighted by Crippen LogP contribution is -2.38. The molecule has 0 aliphatic carbocycles. The Kier molecular flexibility index (Phi) is 13.1. The van der Waals surface area contributed by atoms with Gasteiger partial charge in [-0.25, -0.2) is 14.7 Å². The van der Waals surface area contributed by atoms with Gasteiger partial charge in [0.25, 0.3) is 11.8 Å². The summed E-state index contributed by atoms with van der Waals surface area (Å²) in [7, 11) is 0. The zero-order valence-electron chi connectivity index (χ0n) is 42.6. The third-order valence-corrected chi connectivity index (χ3v) is 14.7. The van der Waals surface area contributed by atoms with Gasteiger partial charge in [0.15, 0.2) is 0 Å². The van der Waals surface area contributed by atoms with E-state index in [1.54, 1.807) is 24.8 Å². The molecule has 13 rings (SSSR count). The van der Waals surface area contributed by atoms with Gasteiger partial charge in [-0.15, -0.1) is 0 Å². The lowest BCUT2D eigenvalue weighted by Gasteiger charge is -2.37. The quantitative estimate of drug-likeness (QED) is 0.117. The Labute approximate surface area is 446 Å². The number of benzene rings is 7. The van der Waals surface area contributed by atoms with Gasteiger partial charge in [-0.05, 0) is 101 Å². The van der Waals surface area contributed by atoms with Crippen molar-refractivity contribution in [3.63, 3.8) is 0 Å². The Morgan fingerprint density at radius 3 is 1.44 bits per heavy atom. The maximum atomic E-state index is 13.5. The number of aliphatic imine (C=N–C) groups is 3. The first-order chi connectivity index (χ1) is 37.8. The van der Waals surface area contributed by atoms with Crippen molar-refractivity contribution in [2.45, 2.75) is 50.9 Å². The number of nitrogens with zero attached hydrogens (tertiary/aromatic N) is 7. The Morgan fingerprint density at radius 2 is 0.948 bits per heavy atom. The van der Waals surface area contributed by atoms with Crippen molar-refractivity contribution in [3.05, 3.63) is 281 Å². The Hall–Kier alpha value is -9.74. The Bertz CT molecular complexity index is 3790. The van der Waals surface area contributed by atoms with Gasteiger partial charge in [0, 0.05) is 59.7 Å². The number of fused-ring (bicyclic) bond motifs is 4. The minimum Gasteiger partial charge on any atom is -0.344 e. The molecule has 0 saturated carbocycles. The molecular formula is C66H53N9O2. The molecule has 2 amide bonds. The summed E-state index contributed by atoms with van der Waals surface area (Å²) in [4.78, 5) is 48.9. The highest BCUT2D eigenvalue weighted by Gasteiger charge is 2.41. The maximum absolute atomic E-state index is 13.5. The third-order valence-electron chi connectivity index (χ3n) is 14.7. The fourth-order valence-corrected chi connectivity index (χ4v) is 10.8. The first kappa shape index (κ1) is 48.2. The van der Waals surface area contributed by atoms with Crippen molar-refractivity contribution in [2.24, 2.45) is 15.0 Å². The van der Waals surface area contributed by atoms with Crippen LogP contribution >= 0.6 is 0 Å². The maximum Gasteiger partial charge on any atom is 0.266 e. The van der Waals surface area contributed by atoms with Crippen LogP contribution in [0.4, 0.5) is 11.4 Å². The molecule has 3 aliphatic heterocycles. The zero-order chi connectivity index (χ0) is 52.3. The van der Waals surface area contributed by atoms with Gasteiger partial charge in [-0.1, -0.05) is 158 Å². The number of hydrogen-bond donors (Lipinski definition) is 2. The van der Waals surface area contributed by atoms with Crippen LogP contribution in [0.3, 0.4) is 0 Å². The number of nitrogens with one attached hydrogen (secondary N) is 2. The number of amides is 2. The summed E-state index contributed by atoms with van der Waals surface area (Å²) in [6, 6.07) is 67.8. The first-order valence-electron chi connectivity index (χ1n) is 25.9. The molecule has 2 N–H and O–H groups in total. The minimum absolute atomic E-state index is 0.0643. The molecule has 0 fully saturated rings. The highest BCUT2D eigenvalue weighted by molar-refractivity contribution is 6.41. The smallest absolute Gasteiger partial charge is 0.266 e. The summed E-state index contributed by atoms with van der Waals surface area (Å²) >= 11 is 0. The van der Waals surface area contributed by atoms with Crippen LogP contribution in [0.5, 0.6) is 0 Å². The van der Waals surface area contributed by atoms with Gasteiger partial charge < -0.3 is 10.6 Å². The molecule has 77 heavy (non-hydrogen) atoms. The average Bonchev–Trinajstić information content (AvgIpc) is 4.47. The molecule has 3 aliphatic rings. The molecule has 7 aromatic carbocycles. The van der Waals surface area contributed by atoms with Gasteiger partial charge >= 0.3 is 0 Å². The predicted octanol–water partition coefficient (Wildman–Crippen LogP) is 12.4. The molecule has 0 bridgehead atoms. The van der Waals surface area contributed by atoms with E-state index in [2.05, 4.69) is 127 Å². The van der Waals surface area contributed by atoms with Gasteiger partial charge in [0.1, 0.15) is 22.7 Å². The molecule has 11 nitrogen and oxygen atoms in total. The van der Waals surface area contributed by atoms with Gasteiger partial charge in [-0.3, -0.25) is 24.5 Å². The van der Waals surface area contributed by atoms with E-state index >= 15 is 0 Å². The van der Waals surface area contributed by atoms with Gasteiger partial charge in [-0.2, -0.15) is 5.10 Å². The van der Waals surface area contributed by atoms with E-state index in [-0.39, 0.29) is 23.9 Å². The van der Waals surface area contributed by atoms with E-state index < -0.39 is 5.54 Å². The Morgan fingerprint density at radius 1 is 0.506 bits per heavy atom. The zero-order valence-corrected chi connectivity index (χ0v) is 42.6. The summed E-state index contributed by atoms with van der Waals surface area (Å²) in [5.41, 5.74) is 16.4. The van der Waals surface area contributed by atoms with Crippen LogP contribution in [0.15, 0.2) is 240 Å². The standard InChI is InChI=1S/C42H33N5O.C24H20N4O/c1-29(30-14-6-2-7-15-30)44-41(48)38-26-32-27-39-36(28-37(32)45-38)40(31-22-24-43-25-23-31)46-47(39)42(33-16-8-3-9-17-33,34-18-10-4-11-19-34)35-20-12-5-13-21-35;1-15(16-5-3-2-4-6-16)27-24(29)22-12-18-11-19-14-26-23(17-7-9-25-10-8-17)20(19)13-21(18)28-22/h2-25,27-29H,26H2,1H3,(H,44,48);2-11,13,15H,12,14H2,1H3,(H,27,29). The number of aromatic nitrogens is 4. The second kappa shape index (κ2) is 20.9. The fourth-order valence-electron chi connectivity index (χ4n) is 10.8. The minimum atomic E-state index is -0.813. The third kappa shape index (κ3) is 9.33. The molecule has 374 valence electrons. The highest BCUT2D eigenvalue weighted by Crippen LogP contribution is 2.46. The van der Waals surface area contributed by atoms with Gasteiger partial charge in [0.2, 0.25) is 0 Å². The average molecular weight is 1000 g/mol. The molecule has 10 aromatic rings. The van der Waals surface area contributed by atoms with Crippen molar-refractivity contribution < 1.29 is 9.59 Å². The Balaban J connectivity index is 0.000000175. The van der Waals surface area contributed by atoms with E-state index in [4.69, 9.17) is 15.1 Å². The number of pyridine rings is 2. The van der Waals surface area contributed by atoms with Crippen molar-refractivity contribution in [3.8, 4) is 11.3 Å². The van der Waals surface area contributed by atoms with E-state index in [0.29, 0.717) is 30.8 Å². The fraction of sp³-hybridized carbons (Fsp3) is 0.121. The van der Waals surface area contributed by atoms with Crippen molar-refractivity contribution in [2.75, 3.05) is 0 Å². The van der Waals surface area contributed by atoms with E-state index in [0.717, 1.165) is 89.3 Å². The van der Waals surface area contributed by atoms with E-state index in [9.17, 15) is 9.59 Å². The van der Waals surface area contributed by atoms with E-state index in [1.807, 2.05) is 117 Å². The monoisotopic (exact) mass is 1000 g/mol. The summed E-state index contributed by atoms with van der Waals surface area (Å²) in [6.45, 7) is 4.64. The first-order valence-corrected chi connectivity index (χ1v) is 25.9. The molecule has 2 unspecified atom stereocenters. The number of hydrogen-bond acceptors (Lipinski definition) is 8. The number of carbonyl (C=O) groups excluding carboxylic acids is 2. The SMILES string of the molecule is CC(NC(=O)C1=Nc2cc3c(-c4ccncc4)nn(C(c4ccccc4)(c4ccccc4)c4ccccc4)c3cc2C1)c1ccccc1.CC(NC(=O)C1=Nc2cc3c(cc2C1)CN=C3c1ccncc1)c1ccccc1. The van der Waals surface area contributed by atoms with Crippen LogP contribution in [0.1, 0.15) is 81.6 Å². The van der Waals surface area contributed by atoms with Crippen molar-refractivity contribution in [1.29, 1.82) is 0 Å². The molecule has 0 radical (unpaired) electrons. The summed E-state index contributed by atoms with van der Waals surface area (Å²) in [5.74, 6) is -0.268. The second-order valence-electron chi connectivity index (χ2n) is 19.5. The van der Waals surface area contributed by atoms with Crippen LogP contribution in [0.2, 0.25) is 0 Å². The molecule has 3 aromatic heterocycles. The molecule has 0 saturated heterocycles. The largest absolute Gasteiger partial charge is 0.344 e. The summed E-state index contributed by atoms with van der Waals surface area (Å²) < 4.78 is 2.17. The summed E-state index contributed by atoms with van der Waals surface area (Å²) in [6.07, 6.45) is 8.13. The van der Waals surface area contributed by atoms with Crippen molar-refractivity contribution in [1.82, 2.24) is 30.4 Å². The topological polar surface area (TPSA) is 139 Å². The number of carbonyl (C=O) groups is 2. The molecule has 6 heterocycles. The highest BCUT2D eigenvalue weighted by atomic mass is 16.2. The van der Waals surface area contributed by atoms with Crippen LogP contribution in [-0.4, -0.2) is 48.7 Å². The lowest BCUT2D eigenvalue weighted by molar-refractivity contribution is -0.116. The van der Waals surface area contributed by atoms with Crippen molar-refractivity contribution >= 4 is 51.2 Å². The van der Waals surface area contributed by atoms with Crippen LogP contribution in [-0.2, 0) is 34.5 Å².